The fourth-order valence-corrected chi connectivity index (χ4v) is 5.41. The van der Waals surface area contributed by atoms with E-state index in [1.807, 2.05) is 31.2 Å². The zero-order valence-corrected chi connectivity index (χ0v) is 18.5. The van der Waals surface area contributed by atoms with Crippen molar-refractivity contribution >= 4 is 44.0 Å². The summed E-state index contributed by atoms with van der Waals surface area (Å²) in [4.78, 5) is 17.1. The molecule has 4 aromatic rings. The molecule has 0 aliphatic heterocycles. The second-order valence-electron chi connectivity index (χ2n) is 7.03. The average Bonchev–Trinajstić information content (AvgIpc) is 3.40. The van der Waals surface area contributed by atoms with Gasteiger partial charge >= 0.3 is 0 Å². The third-order valence-electron chi connectivity index (χ3n) is 4.83. The number of hydrogen-bond acceptors (Lipinski definition) is 5. The molecule has 7 nitrogen and oxygen atoms in total. The maximum Gasteiger partial charge on any atom is 0.271 e. The summed E-state index contributed by atoms with van der Waals surface area (Å²) >= 11 is 1.14. The molecule has 0 aliphatic carbocycles. The molecule has 0 saturated heterocycles. The number of fused-ring (bicyclic) bond motifs is 1. The molecular formula is C22H22N4O3S2. The van der Waals surface area contributed by atoms with Crippen molar-refractivity contribution in [3.8, 4) is 0 Å². The van der Waals surface area contributed by atoms with Crippen LogP contribution < -0.4 is 10.0 Å². The second kappa shape index (κ2) is 8.91. The van der Waals surface area contributed by atoms with Gasteiger partial charge in [0.25, 0.3) is 15.9 Å². The predicted octanol–water partition coefficient (Wildman–Crippen LogP) is 4.03. The van der Waals surface area contributed by atoms with Crippen molar-refractivity contribution in [1.82, 2.24) is 14.9 Å². The van der Waals surface area contributed by atoms with Gasteiger partial charge in [-0.1, -0.05) is 24.3 Å². The number of imidazole rings is 1. The lowest BCUT2D eigenvalue weighted by molar-refractivity contribution is 0.0953. The Hall–Kier alpha value is -3.17. The van der Waals surface area contributed by atoms with Gasteiger partial charge in [0.2, 0.25) is 0 Å². The molecule has 0 radical (unpaired) electrons. The van der Waals surface area contributed by atoms with E-state index in [-0.39, 0.29) is 10.1 Å². The topological polar surface area (TPSA) is 93.1 Å². The molecule has 160 valence electrons. The molecule has 0 spiro atoms. The van der Waals surface area contributed by atoms with Gasteiger partial charge < -0.3 is 9.88 Å². The number of sulfonamides is 1. The van der Waals surface area contributed by atoms with Gasteiger partial charge in [-0.05, 0) is 55.1 Å². The summed E-state index contributed by atoms with van der Waals surface area (Å²) in [5.41, 5.74) is 2.79. The number of para-hydroxylation sites is 2. The van der Waals surface area contributed by atoms with Gasteiger partial charge in [0, 0.05) is 24.3 Å². The van der Waals surface area contributed by atoms with Crippen molar-refractivity contribution in [2.24, 2.45) is 0 Å². The van der Waals surface area contributed by atoms with Crippen LogP contribution in [0.25, 0.3) is 11.0 Å². The Morgan fingerprint density at radius 2 is 1.94 bits per heavy atom. The van der Waals surface area contributed by atoms with E-state index in [1.54, 1.807) is 29.6 Å². The van der Waals surface area contributed by atoms with Gasteiger partial charge in [-0.25, -0.2) is 13.4 Å². The highest BCUT2D eigenvalue weighted by Gasteiger charge is 2.16. The Morgan fingerprint density at radius 1 is 1.10 bits per heavy atom. The molecule has 9 heteroatoms. The number of benzene rings is 2. The zero-order chi connectivity index (χ0) is 21.8. The maximum absolute atomic E-state index is 12.5. The number of nitrogens with one attached hydrogen (secondary N) is 2. The number of anilines is 1. The fourth-order valence-electron chi connectivity index (χ4n) is 3.37. The van der Waals surface area contributed by atoms with E-state index < -0.39 is 10.0 Å². The van der Waals surface area contributed by atoms with E-state index in [1.165, 1.54) is 12.1 Å². The van der Waals surface area contributed by atoms with Gasteiger partial charge in [-0.2, -0.15) is 0 Å². The van der Waals surface area contributed by atoms with Crippen LogP contribution in [0.15, 0.2) is 70.3 Å². The molecule has 2 aromatic heterocycles. The summed E-state index contributed by atoms with van der Waals surface area (Å²) in [6.45, 7) is 3.21. The van der Waals surface area contributed by atoms with E-state index in [0.29, 0.717) is 17.8 Å². The maximum atomic E-state index is 12.5. The van der Waals surface area contributed by atoms with Gasteiger partial charge in [0.15, 0.2) is 0 Å². The van der Waals surface area contributed by atoms with Crippen LogP contribution in [-0.4, -0.2) is 30.4 Å². The van der Waals surface area contributed by atoms with Crippen LogP contribution in [0.1, 0.15) is 22.6 Å². The van der Waals surface area contributed by atoms with Crippen molar-refractivity contribution in [1.29, 1.82) is 0 Å². The Labute approximate surface area is 184 Å². The highest BCUT2D eigenvalue weighted by molar-refractivity contribution is 7.94. The summed E-state index contributed by atoms with van der Waals surface area (Å²) in [6, 6.07) is 17.7. The molecule has 2 heterocycles. The van der Waals surface area contributed by atoms with Crippen LogP contribution >= 0.6 is 11.3 Å². The largest absolute Gasteiger partial charge is 0.352 e. The van der Waals surface area contributed by atoms with Gasteiger partial charge in [0.05, 0.1) is 11.0 Å². The Bertz CT molecular complexity index is 1310. The zero-order valence-electron chi connectivity index (χ0n) is 16.9. The number of aromatic nitrogens is 2. The smallest absolute Gasteiger partial charge is 0.271 e. The number of carbonyl (C=O) groups is 1. The molecule has 1 amide bonds. The van der Waals surface area contributed by atoms with Gasteiger partial charge in [0.1, 0.15) is 10.0 Å². The van der Waals surface area contributed by atoms with Crippen LogP contribution in [0.5, 0.6) is 0 Å². The van der Waals surface area contributed by atoms with E-state index in [2.05, 4.69) is 19.6 Å². The molecule has 0 saturated carbocycles. The lowest BCUT2D eigenvalue weighted by Gasteiger charge is -2.10. The minimum absolute atomic E-state index is 0.227. The minimum Gasteiger partial charge on any atom is -0.352 e. The van der Waals surface area contributed by atoms with Crippen molar-refractivity contribution in [3.05, 3.63) is 77.4 Å². The number of carbonyl (C=O) groups excluding carboxylic acids is 1. The van der Waals surface area contributed by atoms with Crippen molar-refractivity contribution in [2.75, 3.05) is 11.3 Å². The van der Waals surface area contributed by atoms with Crippen LogP contribution in [0.2, 0.25) is 0 Å². The molecule has 2 aromatic carbocycles. The molecule has 0 unspecified atom stereocenters. The van der Waals surface area contributed by atoms with E-state index in [4.69, 9.17) is 0 Å². The summed E-state index contributed by atoms with van der Waals surface area (Å²) in [5, 5.41) is 4.60. The van der Waals surface area contributed by atoms with Crippen LogP contribution in [0, 0.1) is 6.92 Å². The normalized spacial score (nSPS) is 11.5. The lowest BCUT2D eigenvalue weighted by Crippen LogP contribution is -2.25. The molecule has 4 rings (SSSR count). The Balaban J connectivity index is 1.35. The summed E-state index contributed by atoms with van der Waals surface area (Å²) in [7, 11) is -3.65. The second-order valence-corrected chi connectivity index (χ2v) is 9.88. The minimum atomic E-state index is -3.65. The Kier molecular flexibility index (Phi) is 6.06. The van der Waals surface area contributed by atoms with Crippen molar-refractivity contribution in [3.63, 3.8) is 0 Å². The first-order chi connectivity index (χ1) is 14.9. The van der Waals surface area contributed by atoms with E-state index in [0.717, 1.165) is 41.2 Å². The third-order valence-corrected chi connectivity index (χ3v) is 7.61. The number of rotatable bonds is 8. The Morgan fingerprint density at radius 3 is 2.74 bits per heavy atom. The fraction of sp³-hybridized carbons (Fsp3) is 0.182. The highest BCUT2D eigenvalue weighted by atomic mass is 32.2. The molecule has 0 aliphatic rings. The molecule has 0 atom stereocenters. The summed E-state index contributed by atoms with van der Waals surface area (Å²) in [5.74, 6) is 0.697. The van der Waals surface area contributed by atoms with Crippen molar-refractivity contribution < 1.29 is 13.2 Å². The number of amides is 1. The van der Waals surface area contributed by atoms with E-state index in [9.17, 15) is 13.2 Å². The monoisotopic (exact) mass is 454 g/mol. The average molecular weight is 455 g/mol. The van der Waals surface area contributed by atoms with Gasteiger partial charge in [-0.3, -0.25) is 9.52 Å². The molecule has 31 heavy (non-hydrogen) atoms. The molecule has 0 bridgehead atoms. The number of hydrogen-bond donors (Lipinski definition) is 2. The summed E-state index contributed by atoms with van der Waals surface area (Å²) < 4.78 is 29.6. The first-order valence-electron chi connectivity index (χ1n) is 9.80. The highest BCUT2D eigenvalue weighted by Crippen LogP contribution is 2.21. The van der Waals surface area contributed by atoms with Crippen LogP contribution in [0.4, 0.5) is 5.69 Å². The standard InChI is InChI=1S/C22H22N4O3S2/c1-16-24-19-9-2-3-10-20(19)26(16)13-6-12-23-22(27)17-7-4-8-18(15-17)25-31(28,29)21-11-5-14-30-21/h2-5,7-11,14-15,25H,6,12-13H2,1H3,(H,23,27). The third kappa shape index (κ3) is 4.78. The SMILES string of the molecule is Cc1nc2ccccc2n1CCCNC(=O)c1cccc(NS(=O)(=O)c2cccs2)c1. The molecular weight excluding hydrogens is 432 g/mol. The lowest BCUT2D eigenvalue weighted by atomic mass is 10.2. The van der Waals surface area contributed by atoms with Gasteiger partial charge in [-0.15, -0.1) is 11.3 Å². The first-order valence-corrected chi connectivity index (χ1v) is 12.2. The van der Waals surface area contributed by atoms with Crippen LogP contribution in [0.3, 0.4) is 0 Å². The quantitative estimate of drug-likeness (QED) is 0.393. The molecule has 2 N–H and O–H groups in total. The summed E-state index contributed by atoms with van der Waals surface area (Å²) in [6.07, 6.45) is 0.748. The van der Waals surface area contributed by atoms with Crippen LogP contribution in [-0.2, 0) is 16.6 Å². The number of thiophene rings is 1. The van der Waals surface area contributed by atoms with Crippen molar-refractivity contribution in [2.45, 2.75) is 24.1 Å². The van der Waals surface area contributed by atoms with E-state index >= 15 is 0 Å². The number of aryl methyl sites for hydroxylation is 2. The first kappa shape index (κ1) is 21.1. The number of nitrogens with zero attached hydrogens (tertiary/aromatic N) is 2. The predicted molar refractivity (Wildman–Crippen MR) is 123 cm³/mol. The molecule has 0 fully saturated rings.